The summed E-state index contributed by atoms with van der Waals surface area (Å²) in [6.45, 7) is 3.91. The molecule has 0 heterocycles. The number of rotatable bonds is 12. The number of hydrogen-bond acceptors (Lipinski definition) is 7. The van der Waals surface area contributed by atoms with Crippen molar-refractivity contribution in [1.82, 2.24) is 5.32 Å². The van der Waals surface area contributed by atoms with Crippen LogP contribution in [-0.4, -0.2) is 41.2 Å². The lowest BCUT2D eigenvalue weighted by molar-refractivity contribution is -0.384. The normalized spacial score (nSPS) is 12.2. The van der Waals surface area contributed by atoms with Gasteiger partial charge in [0.05, 0.1) is 24.3 Å². The van der Waals surface area contributed by atoms with Gasteiger partial charge in [-0.05, 0) is 37.1 Å². The van der Waals surface area contributed by atoms with Crippen LogP contribution in [0.1, 0.15) is 35.3 Å². The molecule has 1 atom stereocenters. The van der Waals surface area contributed by atoms with Gasteiger partial charge >= 0.3 is 13.6 Å². The molecule has 32 heavy (non-hydrogen) atoms. The Bertz CT molecular complexity index is 982. The molecule has 0 aromatic heterocycles. The number of carbonyl (C=O) groups is 2. The van der Waals surface area contributed by atoms with Gasteiger partial charge in [0.25, 0.3) is 11.6 Å². The molecule has 0 unspecified atom stereocenters. The van der Waals surface area contributed by atoms with Crippen LogP contribution in [0.4, 0.5) is 5.69 Å². The lowest BCUT2D eigenvalue weighted by Crippen LogP contribution is -2.42. The van der Waals surface area contributed by atoms with Crippen molar-refractivity contribution in [3.8, 4) is 0 Å². The minimum atomic E-state index is -3.28. The smallest absolute Gasteiger partial charge is 0.335 e. The largest absolute Gasteiger partial charge is 0.480 e. The predicted octanol–water partition coefficient (Wildman–Crippen LogP) is 3.79. The quantitative estimate of drug-likeness (QED) is 0.274. The number of nitro groups is 1. The summed E-state index contributed by atoms with van der Waals surface area (Å²) in [4.78, 5) is 34.3. The van der Waals surface area contributed by atoms with E-state index >= 15 is 0 Å². The van der Waals surface area contributed by atoms with Crippen LogP contribution in [0.5, 0.6) is 0 Å². The highest BCUT2D eigenvalue weighted by Crippen LogP contribution is 2.51. The topological polar surface area (TPSA) is 145 Å². The van der Waals surface area contributed by atoms with Gasteiger partial charge in [-0.1, -0.05) is 24.3 Å². The van der Waals surface area contributed by atoms with E-state index < -0.39 is 30.4 Å². The van der Waals surface area contributed by atoms with Gasteiger partial charge in [0.1, 0.15) is 6.04 Å². The number of carbonyl (C=O) groups excluding carboxylic acids is 1. The SMILES string of the molecule is CCOP(=O)(Cc1ccc(C(=O)N[C@H](Cc2ccc([N+](=O)[O-])cc2)C(=O)O)cc1)OCC. The van der Waals surface area contributed by atoms with Crippen LogP contribution < -0.4 is 5.32 Å². The monoisotopic (exact) mass is 464 g/mol. The van der Waals surface area contributed by atoms with Crippen LogP contribution in [0.25, 0.3) is 0 Å². The van der Waals surface area contributed by atoms with Crippen molar-refractivity contribution in [1.29, 1.82) is 0 Å². The summed E-state index contributed by atoms with van der Waals surface area (Å²) in [5.74, 6) is -1.83. The predicted molar refractivity (Wildman–Crippen MR) is 117 cm³/mol. The molecule has 2 aromatic carbocycles. The molecule has 10 nitrogen and oxygen atoms in total. The van der Waals surface area contributed by atoms with Crippen LogP contribution in [-0.2, 0) is 31.0 Å². The van der Waals surface area contributed by atoms with Crippen LogP contribution in [0.2, 0.25) is 0 Å². The first-order chi connectivity index (χ1) is 15.2. The average molecular weight is 464 g/mol. The first kappa shape index (κ1) is 25.2. The summed E-state index contributed by atoms with van der Waals surface area (Å²) >= 11 is 0. The Morgan fingerprint density at radius 1 is 1.03 bits per heavy atom. The lowest BCUT2D eigenvalue weighted by Gasteiger charge is -2.17. The summed E-state index contributed by atoms with van der Waals surface area (Å²) in [7, 11) is -3.28. The number of nitrogens with one attached hydrogen (secondary N) is 1. The fourth-order valence-corrected chi connectivity index (χ4v) is 4.64. The van der Waals surface area contributed by atoms with Crippen LogP contribution in [0.15, 0.2) is 48.5 Å². The Morgan fingerprint density at radius 2 is 1.56 bits per heavy atom. The summed E-state index contributed by atoms with van der Waals surface area (Å²) in [5.41, 5.74) is 1.29. The van der Waals surface area contributed by atoms with Crippen LogP contribution >= 0.6 is 7.60 Å². The zero-order valence-corrected chi connectivity index (χ0v) is 18.6. The lowest BCUT2D eigenvalue weighted by atomic mass is 10.0. The molecule has 1 amide bonds. The number of hydrogen-bond donors (Lipinski definition) is 2. The highest BCUT2D eigenvalue weighted by molar-refractivity contribution is 7.53. The Balaban J connectivity index is 2.06. The minimum absolute atomic E-state index is 0.0386. The maximum Gasteiger partial charge on any atom is 0.335 e. The van der Waals surface area contributed by atoms with Gasteiger partial charge in [0, 0.05) is 24.1 Å². The van der Waals surface area contributed by atoms with Crippen molar-refractivity contribution in [3.05, 3.63) is 75.3 Å². The molecule has 0 bridgehead atoms. The third kappa shape index (κ3) is 7.26. The Kier molecular flexibility index (Phi) is 9.07. The molecule has 0 saturated carbocycles. The second-order valence-electron chi connectivity index (χ2n) is 6.79. The van der Waals surface area contributed by atoms with E-state index in [1.54, 1.807) is 26.0 Å². The average Bonchev–Trinajstić information content (AvgIpc) is 2.74. The first-order valence-corrected chi connectivity index (χ1v) is 11.6. The second kappa shape index (κ2) is 11.5. The fraction of sp³-hybridized carbons (Fsp3) is 0.333. The van der Waals surface area contributed by atoms with Gasteiger partial charge in [0.15, 0.2) is 0 Å². The maximum atomic E-state index is 12.6. The molecule has 0 spiro atoms. The Hall–Kier alpha value is -3.07. The van der Waals surface area contributed by atoms with Crippen molar-refractivity contribution >= 4 is 25.2 Å². The third-order valence-electron chi connectivity index (χ3n) is 4.43. The van der Waals surface area contributed by atoms with Gasteiger partial charge in [-0.15, -0.1) is 0 Å². The molecule has 2 aromatic rings. The molecule has 172 valence electrons. The molecule has 0 fully saturated rings. The number of benzene rings is 2. The van der Waals surface area contributed by atoms with Gasteiger partial charge < -0.3 is 19.5 Å². The van der Waals surface area contributed by atoms with Crippen molar-refractivity contribution < 1.29 is 33.2 Å². The van der Waals surface area contributed by atoms with Crippen molar-refractivity contribution in [2.75, 3.05) is 13.2 Å². The van der Waals surface area contributed by atoms with Gasteiger partial charge in [-0.25, -0.2) is 4.79 Å². The highest BCUT2D eigenvalue weighted by Gasteiger charge is 2.25. The number of nitro benzene ring substituents is 1. The summed E-state index contributed by atoms with van der Waals surface area (Å²) in [6, 6.07) is 10.4. The number of carboxylic acids is 1. The van der Waals surface area contributed by atoms with Crippen molar-refractivity contribution in [2.45, 2.75) is 32.5 Å². The molecular weight excluding hydrogens is 439 g/mol. The summed E-state index contributed by atoms with van der Waals surface area (Å²) in [6.07, 6.45) is 0.0114. The van der Waals surface area contributed by atoms with E-state index in [4.69, 9.17) is 9.05 Å². The third-order valence-corrected chi connectivity index (χ3v) is 6.49. The van der Waals surface area contributed by atoms with E-state index in [1.165, 1.54) is 36.4 Å². The maximum absolute atomic E-state index is 12.6. The molecule has 0 saturated heterocycles. The van der Waals surface area contributed by atoms with E-state index in [1.807, 2.05) is 0 Å². The van der Waals surface area contributed by atoms with Crippen molar-refractivity contribution in [2.24, 2.45) is 0 Å². The second-order valence-corrected chi connectivity index (χ2v) is 8.85. The molecule has 11 heteroatoms. The number of nitrogens with zero attached hydrogens (tertiary/aromatic N) is 1. The Morgan fingerprint density at radius 3 is 2.03 bits per heavy atom. The Labute approximate surface area is 185 Å². The zero-order valence-electron chi connectivity index (χ0n) is 17.7. The van der Waals surface area contributed by atoms with E-state index in [9.17, 15) is 29.4 Å². The number of amides is 1. The highest BCUT2D eigenvalue weighted by atomic mass is 31.2. The van der Waals surface area contributed by atoms with E-state index in [2.05, 4.69) is 5.32 Å². The molecule has 2 rings (SSSR count). The first-order valence-electron chi connectivity index (χ1n) is 9.91. The van der Waals surface area contributed by atoms with Gasteiger partial charge in [-0.3, -0.25) is 19.5 Å². The van der Waals surface area contributed by atoms with Crippen molar-refractivity contribution in [3.63, 3.8) is 0 Å². The molecule has 0 aliphatic rings. The molecule has 0 aliphatic heterocycles. The van der Waals surface area contributed by atoms with E-state index in [0.717, 1.165) is 0 Å². The fourth-order valence-electron chi connectivity index (χ4n) is 2.94. The number of non-ortho nitro benzene ring substituents is 1. The molecule has 2 N–H and O–H groups in total. The summed E-state index contributed by atoms with van der Waals surface area (Å²) in [5, 5.41) is 22.7. The van der Waals surface area contributed by atoms with E-state index in [-0.39, 0.29) is 37.0 Å². The zero-order chi connectivity index (χ0) is 23.7. The van der Waals surface area contributed by atoms with E-state index in [0.29, 0.717) is 11.1 Å². The van der Waals surface area contributed by atoms with Crippen LogP contribution in [0, 0.1) is 10.1 Å². The standard InChI is InChI=1S/C21H25N2O8P/c1-3-30-32(29,31-4-2)14-16-5-9-17(10-6-16)20(24)22-19(21(25)26)13-15-7-11-18(12-8-15)23(27)28/h5-12,19H,3-4,13-14H2,1-2H3,(H,22,24)(H,25,26)/t19-/m1/s1. The number of carboxylic acid groups (broad SMARTS) is 1. The molecular formula is C21H25N2O8P. The molecule has 0 aliphatic carbocycles. The summed E-state index contributed by atoms with van der Waals surface area (Å²) < 4.78 is 23.1. The van der Waals surface area contributed by atoms with Gasteiger partial charge in [-0.2, -0.15) is 0 Å². The minimum Gasteiger partial charge on any atom is -0.480 e. The molecule has 0 radical (unpaired) electrons. The van der Waals surface area contributed by atoms with Crippen LogP contribution in [0.3, 0.4) is 0 Å². The van der Waals surface area contributed by atoms with Gasteiger partial charge in [0.2, 0.25) is 0 Å². The number of aliphatic carboxylic acids is 1.